The van der Waals surface area contributed by atoms with E-state index >= 15 is 0 Å². The number of methoxy groups -OCH3 is 1. The number of carboxylic acid groups (broad SMARTS) is 1. The molecule has 1 aromatic rings. The lowest BCUT2D eigenvalue weighted by atomic mass is 10.0. The van der Waals surface area contributed by atoms with Crippen LogP contribution in [-0.4, -0.2) is 23.2 Å². The van der Waals surface area contributed by atoms with Crippen LogP contribution in [0.5, 0.6) is 5.75 Å². The second-order valence-electron chi connectivity index (χ2n) is 3.28. The van der Waals surface area contributed by atoms with E-state index in [1.165, 1.54) is 7.11 Å². The van der Waals surface area contributed by atoms with Crippen LogP contribution in [0.3, 0.4) is 0 Å². The number of carboxylic acids is 1. The van der Waals surface area contributed by atoms with Gasteiger partial charge in [0, 0.05) is 28.7 Å². The van der Waals surface area contributed by atoms with Gasteiger partial charge in [0.05, 0.1) is 13.3 Å². The Kier molecular flexibility index (Phi) is 4.70. The summed E-state index contributed by atoms with van der Waals surface area (Å²) in [5, 5.41) is 8.59. The predicted octanol–water partition coefficient (Wildman–Crippen LogP) is 1.72. The molecule has 0 aliphatic rings. The third-order valence-electron chi connectivity index (χ3n) is 2.16. The van der Waals surface area contributed by atoms with Gasteiger partial charge in [0.1, 0.15) is 5.75 Å². The van der Waals surface area contributed by atoms with Gasteiger partial charge in [-0.15, -0.1) is 0 Å². The molecule has 0 bridgehead atoms. The van der Waals surface area contributed by atoms with Crippen molar-refractivity contribution in [2.24, 2.45) is 5.73 Å². The van der Waals surface area contributed by atoms with Crippen molar-refractivity contribution < 1.29 is 14.6 Å². The molecule has 0 radical (unpaired) electrons. The lowest BCUT2D eigenvalue weighted by Crippen LogP contribution is -2.14. The van der Waals surface area contributed by atoms with Crippen molar-refractivity contribution in [2.45, 2.75) is 18.9 Å². The van der Waals surface area contributed by atoms with E-state index in [0.29, 0.717) is 12.2 Å². The van der Waals surface area contributed by atoms with Gasteiger partial charge < -0.3 is 15.6 Å². The molecule has 5 nitrogen and oxygen atoms in total. The lowest BCUT2D eigenvalue weighted by molar-refractivity contribution is -0.137. The smallest absolute Gasteiger partial charge is 0.303 e. The molecule has 88 valence electrons. The molecule has 0 spiro atoms. The summed E-state index contributed by atoms with van der Waals surface area (Å²) in [4.78, 5) is 14.4. The molecule has 0 aromatic carbocycles. The van der Waals surface area contributed by atoms with Crippen LogP contribution in [0, 0.1) is 0 Å². The number of hydrogen-bond acceptors (Lipinski definition) is 4. The fourth-order valence-corrected chi connectivity index (χ4v) is 1.98. The van der Waals surface area contributed by atoms with Crippen LogP contribution in [0.25, 0.3) is 0 Å². The van der Waals surface area contributed by atoms with Gasteiger partial charge in [-0.2, -0.15) is 0 Å². The maximum absolute atomic E-state index is 10.5. The van der Waals surface area contributed by atoms with E-state index in [2.05, 4.69) is 20.9 Å². The topological polar surface area (TPSA) is 85.4 Å². The average Bonchev–Trinajstić information content (AvgIpc) is 2.25. The van der Waals surface area contributed by atoms with Crippen molar-refractivity contribution in [3.8, 4) is 5.75 Å². The minimum atomic E-state index is -0.861. The second-order valence-corrected chi connectivity index (χ2v) is 4.13. The number of nitrogens with zero attached hydrogens (tertiary/aromatic N) is 1. The molecular weight excluding hydrogens is 276 g/mol. The molecule has 1 heterocycles. The molecule has 0 amide bonds. The van der Waals surface area contributed by atoms with Gasteiger partial charge in [0.15, 0.2) is 0 Å². The first kappa shape index (κ1) is 12.9. The summed E-state index contributed by atoms with van der Waals surface area (Å²) in [7, 11) is 1.52. The average molecular weight is 289 g/mol. The summed E-state index contributed by atoms with van der Waals surface area (Å²) >= 11 is 3.33. The third kappa shape index (κ3) is 3.18. The van der Waals surface area contributed by atoms with Crippen LogP contribution in [0.15, 0.2) is 16.9 Å². The van der Waals surface area contributed by atoms with E-state index in [-0.39, 0.29) is 12.5 Å². The Morgan fingerprint density at radius 3 is 2.94 bits per heavy atom. The number of hydrogen-bond donors (Lipinski definition) is 2. The highest BCUT2D eigenvalue weighted by Gasteiger charge is 2.16. The minimum Gasteiger partial charge on any atom is -0.495 e. The van der Waals surface area contributed by atoms with Gasteiger partial charge in [0.25, 0.3) is 0 Å². The Hall–Kier alpha value is -1.14. The number of rotatable bonds is 5. The largest absolute Gasteiger partial charge is 0.495 e. The number of ether oxygens (including phenoxy) is 1. The minimum absolute atomic E-state index is 0.0269. The van der Waals surface area contributed by atoms with Crippen LogP contribution >= 0.6 is 15.9 Å². The lowest BCUT2D eigenvalue weighted by Gasteiger charge is -2.15. The molecule has 1 atom stereocenters. The van der Waals surface area contributed by atoms with Crippen molar-refractivity contribution in [3.05, 3.63) is 22.4 Å². The fraction of sp³-hybridized carbons (Fsp3) is 0.400. The number of carbonyl (C=O) groups is 1. The van der Waals surface area contributed by atoms with Crippen molar-refractivity contribution in [1.29, 1.82) is 0 Å². The fourth-order valence-electron chi connectivity index (χ4n) is 1.37. The monoisotopic (exact) mass is 288 g/mol. The Morgan fingerprint density at radius 2 is 2.38 bits per heavy atom. The van der Waals surface area contributed by atoms with Gasteiger partial charge in [-0.25, -0.2) is 0 Å². The summed E-state index contributed by atoms with van der Waals surface area (Å²) in [6.45, 7) is 0. The zero-order valence-electron chi connectivity index (χ0n) is 8.81. The maximum atomic E-state index is 10.5. The molecule has 0 saturated heterocycles. The number of nitrogens with two attached hydrogens (primary N) is 1. The first-order valence-electron chi connectivity index (χ1n) is 4.71. The van der Waals surface area contributed by atoms with Crippen LogP contribution in [0.1, 0.15) is 24.4 Å². The van der Waals surface area contributed by atoms with Crippen LogP contribution < -0.4 is 10.5 Å². The summed E-state index contributed by atoms with van der Waals surface area (Å²) in [5.41, 5.74) is 6.67. The Labute approximate surface area is 102 Å². The summed E-state index contributed by atoms with van der Waals surface area (Å²) in [6, 6.07) is -0.386. The van der Waals surface area contributed by atoms with E-state index in [0.717, 1.165) is 10.0 Å². The summed E-state index contributed by atoms with van der Waals surface area (Å²) in [6.07, 6.45) is 3.55. The molecule has 16 heavy (non-hydrogen) atoms. The second kappa shape index (κ2) is 5.81. The molecule has 3 N–H and O–H groups in total. The molecule has 0 aliphatic heterocycles. The highest BCUT2D eigenvalue weighted by molar-refractivity contribution is 9.10. The van der Waals surface area contributed by atoms with Gasteiger partial charge in [-0.3, -0.25) is 9.78 Å². The first-order valence-corrected chi connectivity index (χ1v) is 5.50. The summed E-state index contributed by atoms with van der Waals surface area (Å²) < 4.78 is 5.86. The highest BCUT2D eigenvalue weighted by atomic mass is 79.9. The predicted molar refractivity (Wildman–Crippen MR) is 62.3 cm³/mol. The zero-order valence-corrected chi connectivity index (χ0v) is 10.4. The van der Waals surface area contributed by atoms with Crippen LogP contribution in [0.2, 0.25) is 0 Å². The zero-order chi connectivity index (χ0) is 12.1. The normalized spacial score (nSPS) is 12.2. The SMILES string of the molecule is COc1cncc(Br)c1C(N)CCC(=O)O. The van der Waals surface area contributed by atoms with E-state index in [1.54, 1.807) is 12.4 Å². The van der Waals surface area contributed by atoms with E-state index < -0.39 is 5.97 Å². The van der Waals surface area contributed by atoms with Gasteiger partial charge in [-0.1, -0.05) is 0 Å². The Balaban J connectivity index is 2.88. The van der Waals surface area contributed by atoms with Crippen molar-refractivity contribution in [3.63, 3.8) is 0 Å². The molecular formula is C10H13BrN2O3. The third-order valence-corrected chi connectivity index (χ3v) is 2.79. The van der Waals surface area contributed by atoms with Gasteiger partial charge >= 0.3 is 5.97 Å². The molecule has 0 fully saturated rings. The molecule has 0 aliphatic carbocycles. The van der Waals surface area contributed by atoms with E-state index in [1.807, 2.05) is 0 Å². The van der Waals surface area contributed by atoms with Crippen molar-refractivity contribution in [1.82, 2.24) is 4.98 Å². The number of pyridine rings is 1. The molecule has 0 saturated carbocycles. The Bertz CT molecular complexity index is 384. The van der Waals surface area contributed by atoms with E-state index in [4.69, 9.17) is 15.6 Å². The quantitative estimate of drug-likeness (QED) is 0.862. The molecule has 1 unspecified atom stereocenters. The first-order chi connectivity index (χ1) is 7.56. The number of halogens is 1. The van der Waals surface area contributed by atoms with Crippen molar-refractivity contribution in [2.75, 3.05) is 7.11 Å². The van der Waals surface area contributed by atoms with Crippen LogP contribution in [0.4, 0.5) is 0 Å². The van der Waals surface area contributed by atoms with Crippen LogP contribution in [-0.2, 0) is 4.79 Å². The molecule has 1 rings (SSSR count). The van der Waals surface area contributed by atoms with Gasteiger partial charge in [-0.05, 0) is 22.4 Å². The van der Waals surface area contributed by atoms with Crippen molar-refractivity contribution >= 4 is 21.9 Å². The molecule has 1 aromatic heterocycles. The Morgan fingerprint density at radius 1 is 1.69 bits per heavy atom. The van der Waals surface area contributed by atoms with Gasteiger partial charge in [0.2, 0.25) is 0 Å². The summed E-state index contributed by atoms with van der Waals surface area (Å²) in [5.74, 6) is -0.299. The number of aromatic nitrogens is 1. The standard InChI is InChI=1S/C10H13BrN2O3/c1-16-8-5-13-4-6(11)10(8)7(12)2-3-9(14)15/h4-5,7H,2-3,12H2,1H3,(H,14,15). The number of aliphatic carboxylic acids is 1. The molecule has 6 heteroatoms. The van der Waals surface area contributed by atoms with E-state index in [9.17, 15) is 4.79 Å². The maximum Gasteiger partial charge on any atom is 0.303 e. The highest BCUT2D eigenvalue weighted by Crippen LogP contribution is 2.32.